The van der Waals surface area contributed by atoms with Gasteiger partial charge in [-0.2, -0.15) is 5.10 Å². The number of hydrogen-bond acceptors (Lipinski definition) is 6. The summed E-state index contributed by atoms with van der Waals surface area (Å²) < 4.78 is 6.83. The van der Waals surface area contributed by atoms with E-state index in [-0.39, 0.29) is 18.3 Å². The van der Waals surface area contributed by atoms with Crippen LogP contribution in [0, 0.1) is 10.1 Å². The SMILES string of the molecule is CCCc1nn(C)c(NCC2(O)CCOC2C)c1[N+](=O)[O-]. The molecule has 2 atom stereocenters. The molecule has 2 rings (SSSR count). The fourth-order valence-electron chi connectivity index (χ4n) is 2.60. The summed E-state index contributed by atoms with van der Waals surface area (Å²) >= 11 is 0. The molecule has 1 aromatic heterocycles. The van der Waals surface area contributed by atoms with Crippen molar-refractivity contribution >= 4 is 11.5 Å². The van der Waals surface area contributed by atoms with Crippen LogP contribution in [-0.4, -0.2) is 44.7 Å². The van der Waals surface area contributed by atoms with Crippen LogP contribution in [0.2, 0.25) is 0 Å². The highest BCUT2D eigenvalue weighted by Gasteiger charge is 2.40. The Kier molecular flexibility index (Phi) is 4.48. The Labute approximate surface area is 123 Å². The molecule has 0 radical (unpaired) electrons. The van der Waals surface area contributed by atoms with E-state index in [1.807, 2.05) is 6.92 Å². The maximum Gasteiger partial charge on any atom is 0.333 e. The van der Waals surface area contributed by atoms with Crippen molar-refractivity contribution < 1.29 is 14.8 Å². The van der Waals surface area contributed by atoms with Gasteiger partial charge in [-0.05, 0) is 13.3 Å². The molecule has 8 heteroatoms. The second kappa shape index (κ2) is 5.98. The maximum atomic E-state index is 11.3. The van der Waals surface area contributed by atoms with Crippen LogP contribution in [0.1, 0.15) is 32.4 Å². The summed E-state index contributed by atoms with van der Waals surface area (Å²) in [4.78, 5) is 10.9. The van der Waals surface area contributed by atoms with Crippen molar-refractivity contribution in [2.45, 2.75) is 44.8 Å². The minimum Gasteiger partial charge on any atom is -0.385 e. The predicted octanol–water partition coefficient (Wildman–Crippen LogP) is 1.23. The molecular formula is C13H22N4O4. The van der Waals surface area contributed by atoms with Crippen LogP contribution >= 0.6 is 0 Å². The first kappa shape index (κ1) is 15.7. The highest BCUT2D eigenvalue weighted by molar-refractivity contribution is 5.60. The van der Waals surface area contributed by atoms with Gasteiger partial charge in [-0.15, -0.1) is 0 Å². The molecule has 8 nitrogen and oxygen atoms in total. The van der Waals surface area contributed by atoms with Crippen LogP contribution in [0.25, 0.3) is 0 Å². The number of nitro groups is 1. The average molecular weight is 298 g/mol. The van der Waals surface area contributed by atoms with Crippen molar-refractivity contribution in [3.63, 3.8) is 0 Å². The standard InChI is InChI=1S/C13H22N4O4/c1-4-5-10-11(17(19)20)12(16(3)15-10)14-8-13(18)6-7-21-9(13)2/h9,14,18H,4-8H2,1-3H3. The van der Waals surface area contributed by atoms with Crippen LogP contribution in [0.3, 0.4) is 0 Å². The number of aryl methyl sites for hydroxylation is 2. The van der Waals surface area contributed by atoms with Crippen molar-refractivity contribution in [1.29, 1.82) is 0 Å². The lowest BCUT2D eigenvalue weighted by molar-refractivity contribution is -0.384. The Morgan fingerprint density at radius 2 is 2.38 bits per heavy atom. The van der Waals surface area contributed by atoms with Gasteiger partial charge >= 0.3 is 5.69 Å². The van der Waals surface area contributed by atoms with Gasteiger partial charge in [0.2, 0.25) is 5.82 Å². The lowest BCUT2D eigenvalue weighted by Crippen LogP contribution is -2.43. The van der Waals surface area contributed by atoms with Gasteiger partial charge in [-0.1, -0.05) is 13.3 Å². The van der Waals surface area contributed by atoms with Crippen molar-refractivity contribution in [1.82, 2.24) is 9.78 Å². The molecule has 1 aromatic rings. The van der Waals surface area contributed by atoms with E-state index in [2.05, 4.69) is 10.4 Å². The van der Waals surface area contributed by atoms with Crippen molar-refractivity contribution in [2.75, 3.05) is 18.5 Å². The Morgan fingerprint density at radius 1 is 1.67 bits per heavy atom. The number of rotatable bonds is 6. The molecular weight excluding hydrogens is 276 g/mol. The van der Waals surface area contributed by atoms with E-state index in [4.69, 9.17) is 4.74 Å². The first-order chi connectivity index (χ1) is 9.89. The highest BCUT2D eigenvalue weighted by atomic mass is 16.6. The van der Waals surface area contributed by atoms with Gasteiger partial charge in [0.05, 0.1) is 11.0 Å². The van der Waals surface area contributed by atoms with Crippen LogP contribution in [0.4, 0.5) is 11.5 Å². The Balaban J connectivity index is 2.21. The van der Waals surface area contributed by atoms with E-state index in [1.54, 1.807) is 14.0 Å². The predicted molar refractivity (Wildman–Crippen MR) is 77.3 cm³/mol. The Hall–Kier alpha value is -1.67. The van der Waals surface area contributed by atoms with Gasteiger partial charge in [0.25, 0.3) is 0 Å². The number of nitrogens with one attached hydrogen (secondary N) is 1. The van der Waals surface area contributed by atoms with Crippen LogP contribution in [0.15, 0.2) is 0 Å². The molecule has 0 saturated carbocycles. The lowest BCUT2D eigenvalue weighted by Gasteiger charge is -2.26. The minimum atomic E-state index is -1.01. The summed E-state index contributed by atoms with van der Waals surface area (Å²) in [6.45, 7) is 4.44. The summed E-state index contributed by atoms with van der Waals surface area (Å²) in [5.41, 5.74) is -0.548. The zero-order valence-electron chi connectivity index (χ0n) is 12.6. The van der Waals surface area contributed by atoms with Gasteiger partial charge in [0.1, 0.15) is 11.3 Å². The summed E-state index contributed by atoms with van der Waals surface area (Å²) in [7, 11) is 1.66. The molecule has 2 N–H and O–H groups in total. The molecule has 1 saturated heterocycles. The summed E-state index contributed by atoms with van der Waals surface area (Å²) in [6.07, 6.45) is 1.54. The molecule has 0 aromatic carbocycles. The average Bonchev–Trinajstić information content (AvgIpc) is 2.89. The van der Waals surface area contributed by atoms with E-state index in [9.17, 15) is 15.2 Å². The van der Waals surface area contributed by atoms with Gasteiger partial charge in [-0.25, -0.2) is 4.68 Å². The quantitative estimate of drug-likeness (QED) is 0.605. The number of nitrogens with zero attached hydrogens (tertiary/aromatic N) is 3. The van der Waals surface area contributed by atoms with Gasteiger partial charge in [-0.3, -0.25) is 10.1 Å². The van der Waals surface area contributed by atoms with Crippen molar-refractivity contribution in [2.24, 2.45) is 7.05 Å². The maximum absolute atomic E-state index is 11.3. The molecule has 0 amide bonds. The molecule has 0 aliphatic carbocycles. The number of hydrogen-bond donors (Lipinski definition) is 2. The lowest BCUT2D eigenvalue weighted by atomic mass is 9.97. The molecule has 0 bridgehead atoms. The van der Waals surface area contributed by atoms with Crippen molar-refractivity contribution in [3.05, 3.63) is 15.8 Å². The Bertz CT molecular complexity index is 530. The minimum absolute atomic E-state index is 0.00508. The van der Waals surface area contributed by atoms with Crippen LogP contribution < -0.4 is 5.32 Å². The molecule has 118 valence electrons. The number of anilines is 1. The van der Waals surface area contributed by atoms with Gasteiger partial charge in [0, 0.05) is 26.6 Å². The zero-order valence-corrected chi connectivity index (χ0v) is 12.6. The summed E-state index contributed by atoms with van der Waals surface area (Å²) in [5, 5.41) is 29.0. The Morgan fingerprint density at radius 3 is 2.90 bits per heavy atom. The van der Waals surface area contributed by atoms with Crippen LogP contribution in [0.5, 0.6) is 0 Å². The third-order valence-electron chi connectivity index (χ3n) is 3.98. The second-order valence-corrected chi connectivity index (χ2v) is 5.49. The van der Waals surface area contributed by atoms with E-state index >= 15 is 0 Å². The number of ether oxygens (including phenoxy) is 1. The molecule has 21 heavy (non-hydrogen) atoms. The third kappa shape index (κ3) is 3.01. The smallest absolute Gasteiger partial charge is 0.333 e. The van der Waals surface area contributed by atoms with Crippen molar-refractivity contribution in [3.8, 4) is 0 Å². The van der Waals surface area contributed by atoms with E-state index in [0.29, 0.717) is 31.0 Å². The highest BCUT2D eigenvalue weighted by Crippen LogP contribution is 2.31. The first-order valence-electron chi connectivity index (χ1n) is 7.17. The summed E-state index contributed by atoms with van der Waals surface area (Å²) in [5.74, 6) is 0.330. The third-order valence-corrected chi connectivity index (χ3v) is 3.98. The monoisotopic (exact) mass is 298 g/mol. The van der Waals surface area contributed by atoms with E-state index in [0.717, 1.165) is 6.42 Å². The molecule has 1 aliphatic rings. The van der Waals surface area contributed by atoms with E-state index in [1.165, 1.54) is 4.68 Å². The molecule has 1 aliphatic heterocycles. The molecule has 1 fully saturated rings. The normalized spacial score (nSPS) is 25.2. The second-order valence-electron chi connectivity index (χ2n) is 5.49. The summed E-state index contributed by atoms with van der Waals surface area (Å²) in [6, 6.07) is 0. The van der Waals surface area contributed by atoms with E-state index < -0.39 is 10.5 Å². The zero-order chi connectivity index (χ0) is 15.6. The topological polar surface area (TPSA) is 102 Å². The largest absolute Gasteiger partial charge is 0.385 e. The fourth-order valence-corrected chi connectivity index (χ4v) is 2.60. The fraction of sp³-hybridized carbons (Fsp3) is 0.769. The van der Waals surface area contributed by atoms with Gasteiger partial charge < -0.3 is 15.2 Å². The van der Waals surface area contributed by atoms with Crippen LogP contribution in [-0.2, 0) is 18.2 Å². The van der Waals surface area contributed by atoms with Gasteiger partial charge in [0.15, 0.2) is 0 Å². The first-order valence-corrected chi connectivity index (χ1v) is 7.17. The molecule has 2 unspecified atom stereocenters. The number of aromatic nitrogens is 2. The molecule has 0 spiro atoms. The molecule has 2 heterocycles. The number of aliphatic hydroxyl groups is 1.